The quantitative estimate of drug-likeness (QED) is 0.458. The minimum absolute atomic E-state index is 0.105. The van der Waals surface area contributed by atoms with Crippen molar-refractivity contribution in [3.8, 4) is 11.3 Å². The van der Waals surface area contributed by atoms with Crippen LogP contribution in [0.3, 0.4) is 0 Å². The standard InChI is InChI=1S/C23H23ClN6O/c1-29(2)12-10-26-23(31)17-5-3-4-16(14-17)20-15-30-13-11-25-22(30)21(28-20)27-19-8-6-18(24)7-9-19/h3-9,11,13-15H,10,12H2,1-2H3,(H,26,31)(H,27,28). The number of carbonyl (C=O) groups excluding carboxylic acids is 1. The highest BCUT2D eigenvalue weighted by molar-refractivity contribution is 6.30. The molecule has 2 heterocycles. The Labute approximate surface area is 185 Å². The first-order valence-corrected chi connectivity index (χ1v) is 10.3. The summed E-state index contributed by atoms with van der Waals surface area (Å²) < 4.78 is 1.91. The summed E-state index contributed by atoms with van der Waals surface area (Å²) in [5, 5.41) is 6.92. The lowest BCUT2D eigenvalue weighted by atomic mass is 10.1. The van der Waals surface area contributed by atoms with Gasteiger partial charge in [-0.1, -0.05) is 23.7 Å². The minimum atomic E-state index is -0.105. The maximum atomic E-state index is 12.5. The highest BCUT2D eigenvalue weighted by Crippen LogP contribution is 2.25. The second-order valence-corrected chi connectivity index (χ2v) is 7.84. The molecule has 158 valence electrons. The zero-order valence-electron chi connectivity index (χ0n) is 17.3. The normalized spacial score (nSPS) is 11.1. The molecule has 0 spiro atoms. The third-order valence-corrected chi connectivity index (χ3v) is 5.00. The summed E-state index contributed by atoms with van der Waals surface area (Å²) in [6.07, 6.45) is 5.49. The molecular weight excluding hydrogens is 412 g/mol. The van der Waals surface area contributed by atoms with Crippen molar-refractivity contribution in [2.45, 2.75) is 0 Å². The van der Waals surface area contributed by atoms with Gasteiger partial charge in [0.1, 0.15) is 0 Å². The molecule has 0 unspecified atom stereocenters. The third-order valence-electron chi connectivity index (χ3n) is 4.75. The summed E-state index contributed by atoms with van der Waals surface area (Å²) in [6, 6.07) is 14.8. The molecule has 0 saturated heterocycles. The number of nitrogens with one attached hydrogen (secondary N) is 2. The first-order chi connectivity index (χ1) is 15.0. The molecule has 0 aliphatic carbocycles. The van der Waals surface area contributed by atoms with Crippen molar-refractivity contribution in [3.05, 3.63) is 77.7 Å². The third kappa shape index (κ3) is 5.02. The van der Waals surface area contributed by atoms with Crippen LogP contribution in [-0.2, 0) is 0 Å². The Balaban J connectivity index is 1.64. The van der Waals surface area contributed by atoms with E-state index in [2.05, 4.69) is 15.6 Å². The molecule has 2 N–H and O–H groups in total. The topological polar surface area (TPSA) is 74.6 Å². The van der Waals surface area contributed by atoms with Gasteiger partial charge in [0.25, 0.3) is 5.91 Å². The Morgan fingerprint density at radius 1 is 1.16 bits per heavy atom. The lowest BCUT2D eigenvalue weighted by Gasteiger charge is -2.12. The summed E-state index contributed by atoms with van der Waals surface area (Å²) in [7, 11) is 3.95. The number of hydrogen-bond donors (Lipinski definition) is 2. The molecule has 4 rings (SSSR count). The Morgan fingerprint density at radius 3 is 2.74 bits per heavy atom. The first kappa shape index (κ1) is 20.8. The highest BCUT2D eigenvalue weighted by Gasteiger charge is 2.12. The van der Waals surface area contributed by atoms with Crippen molar-refractivity contribution in [1.82, 2.24) is 24.6 Å². The van der Waals surface area contributed by atoms with Gasteiger partial charge in [-0.2, -0.15) is 0 Å². The fourth-order valence-electron chi connectivity index (χ4n) is 3.14. The summed E-state index contributed by atoms with van der Waals surface area (Å²) in [5.41, 5.74) is 3.72. The number of benzene rings is 2. The summed E-state index contributed by atoms with van der Waals surface area (Å²) in [6.45, 7) is 1.37. The Bertz CT molecular complexity index is 1200. The smallest absolute Gasteiger partial charge is 0.251 e. The second-order valence-electron chi connectivity index (χ2n) is 7.40. The molecule has 0 fully saturated rings. The average Bonchev–Trinajstić information content (AvgIpc) is 3.24. The van der Waals surface area contributed by atoms with Crippen LogP contribution in [0.5, 0.6) is 0 Å². The zero-order chi connectivity index (χ0) is 21.8. The molecule has 0 saturated carbocycles. The molecule has 4 aromatic rings. The van der Waals surface area contributed by atoms with Gasteiger partial charge < -0.3 is 19.9 Å². The first-order valence-electron chi connectivity index (χ1n) is 9.89. The van der Waals surface area contributed by atoms with Crippen molar-refractivity contribution < 1.29 is 4.79 Å². The maximum Gasteiger partial charge on any atom is 0.251 e. The van der Waals surface area contributed by atoms with Gasteiger partial charge in [0.2, 0.25) is 0 Å². The largest absolute Gasteiger partial charge is 0.351 e. The lowest BCUT2D eigenvalue weighted by molar-refractivity contribution is 0.0951. The predicted octanol–water partition coefficient (Wildman–Crippen LogP) is 4.08. The van der Waals surface area contributed by atoms with Crippen molar-refractivity contribution in [2.24, 2.45) is 0 Å². The van der Waals surface area contributed by atoms with Crippen LogP contribution in [0.1, 0.15) is 10.4 Å². The molecule has 0 radical (unpaired) electrons. The SMILES string of the molecule is CN(C)CCNC(=O)c1cccc(-c2cn3ccnc3c(Nc3ccc(Cl)cc3)n2)c1. The van der Waals surface area contributed by atoms with Crippen LogP contribution in [0, 0.1) is 0 Å². The van der Waals surface area contributed by atoms with Gasteiger partial charge in [-0.05, 0) is 50.5 Å². The van der Waals surface area contributed by atoms with Gasteiger partial charge in [0, 0.05) is 53.5 Å². The number of amides is 1. The highest BCUT2D eigenvalue weighted by atomic mass is 35.5. The molecule has 8 heteroatoms. The number of nitrogens with zero attached hydrogens (tertiary/aromatic N) is 4. The number of hydrogen-bond acceptors (Lipinski definition) is 5. The van der Waals surface area contributed by atoms with Crippen LogP contribution in [0.2, 0.25) is 5.02 Å². The fraction of sp³-hybridized carbons (Fsp3) is 0.174. The van der Waals surface area contributed by atoms with Gasteiger partial charge in [-0.3, -0.25) is 4.79 Å². The van der Waals surface area contributed by atoms with Crippen molar-refractivity contribution in [3.63, 3.8) is 0 Å². The summed E-state index contributed by atoms with van der Waals surface area (Å²) >= 11 is 5.99. The van der Waals surface area contributed by atoms with Gasteiger partial charge in [0.05, 0.1) is 5.69 Å². The number of aromatic nitrogens is 3. The zero-order valence-corrected chi connectivity index (χ0v) is 18.1. The number of anilines is 2. The molecule has 0 atom stereocenters. The molecule has 0 aliphatic heterocycles. The molecular formula is C23H23ClN6O. The molecule has 2 aromatic heterocycles. The second kappa shape index (κ2) is 9.16. The van der Waals surface area contributed by atoms with Gasteiger partial charge in [-0.15, -0.1) is 0 Å². The molecule has 1 amide bonds. The van der Waals surface area contributed by atoms with E-state index in [4.69, 9.17) is 16.6 Å². The van der Waals surface area contributed by atoms with Crippen LogP contribution in [0.25, 0.3) is 16.9 Å². The fourth-order valence-corrected chi connectivity index (χ4v) is 3.27. The van der Waals surface area contributed by atoms with Crippen LogP contribution in [0.15, 0.2) is 67.1 Å². The average molecular weight is 435 g/mol. The molecule has 31 heavy (non-hydrogen) atoms. The lowest BCUT2D eigenvalue weighted by Crippen LogP contribution is -2.31. The molecule has 0 aliphatic rings. The van der Waals surface area contributed by atoms with E-state index in [1.165, 1.54) is 0 Å². The number of halogens is 1. The Hall–Kier alpha value is -3.42. The van der Waals surface area contributed by atoms with Gasteiger partial charge >= 0.3 is 0 Å². The Morgan fingerprint density at radius 2 is 1.97 bits per heavy atom. The van der Waals surface area contributed by atoms with Crippen LogP contribution >= 0.6 is 11.6 Å². The molecule has 7 nitrogen and oxygen atoms in total. The van der Waals surface area contributed by atoms with E-state index in [0.717, 1.165) is 23.5 Å². The molecule has 0 bridgehead atoms. The Kier molecular flexibility index (Phi) is 6.16. The van der Waals surface area contributed by atoms with E-state index in [-0.39, 0.29) is 5.91 Å². The van der Waals surface area contributed by atoms with Crippen LogP contribution < -0.4 is 10.6 Å². The summed E-state index contributed by atoms with van der Waals surface area (Å²) in [4.78, 5) is 23.7. The predicted molar refractivity (Wildman–Crippen MR) is 124 cm³/mol. The van der Waals surface area contributed by atoms with E-state index in [0.29, 0.717) is 28.6 Å². The van der Waals surface area contributed by atoms with E-state index < -0.39 is 0 Å². The monoisotopic (exact) mass is 434 g/mol. The maximum absolute atomic E-state index is 12.5. The minimum Gasteiger partial charge on any atom is -0.351 e. The van der Waals surface area contributed by atoms with E-state index in [9.17, 15) is 4.79 Å². The summed E-state index contributed by atoms with van der Waals surface area (Å²) in [5.74, 6) is 0.512. The number of imidazole rings is 1. The number of fused-ring (bicyclic) bond motifs is 1. The van der Waals surface area contributed by atoms with E-state index in [1.807, 2.05) is 78.3 Å². The van der Waals surface area contributed by atoms with Crippen molar-refractivity contribution >= 4 is 34.7 Å². The molecule has 2 aromatic carbocycles. The number of rotatable bonds is 7. The van der Waals surface area contributed by atoms with Gasteiger partial charge in [0.15, 0.2) is 11.5 Å². The number of likely N-dealkylation sites (N-methyl/N-ethyl adjacent to an activating group) is 1. The van der Waals surface area contributed by atoms with E-state index in [1.54, 1.807) is 12.3 Å². The number of carbonyl (C=O) groups is 1. The van der Waals surface area contributed by atoms with Crippen LogP contribution in [0.4, 0.5) is 11.5 Å². The van der Waals surface area contributed by atoms with Crippen molar-refractivity contribution in [2.75, 3.05) is 32.5 Å². The van der Waals surface area contributed by atoms with Gasteiger partial charge in [-0.25, -0.2) is 9.97 Å². The van der Waals surface area contributed by atoms with E-state index >= 15 is 0 Å². The van der Waals surface area contributed by atoms with Crippen LogP contribution in [-0.4, -0.2) is 52.4 Å². The van der Waals surface area contributed by atoms with Crippen molar-refractivity contribution in [1.29, 1.82) is 0 Å².